The molecule has 0 rings (SSSR count). The van der Waals surface area contributed by atoms with Gasteiger partial charge in [0.2, 0.25) is 0 Å². The molecule has 6 nitrogen and oxygen atoms in total. The maximum atomic E-state index is 12.8. The van der Waals surface area contributed by atoms with E-state index in [0.29, 0.717) is 19.3 Å². The smallest absolute Gasteiger partial charge is 0.306 e. The van der Waals surface area contributed by atoms with Crippen molar-refractivity contribution in [3.63, 3.8) is 0 Å². The van der Waals surface area contributed by atoms with Crippen molar-refractivity contribution in [2.24, 2.45) is 0 Å². The van der Waals surface area contributed by atoms with Crippen molar-refractivity contribution in [1.29, 1.82) is 0 Å². The number of allylic oxidation sites excluding steroid dienone is 18. The van der Waals surface area contributed by atoms with Crippen LogP contribution in [0.1, 0.15) is 258 Å². The molecule has 0 amide bonds. The van der Waals surface area contributed by atoms with Crippen LogP contribution in [0, 0.1) is 0 Å². The Balaban J connectivity index is 4.26. The number of hydrogen-bond acceptors (Lipinski definition) is 6. The molecule has 0 aliphatic rings. The minimum Gasteiger partial charge on any atom is -0.462 e. The Kier molecular flexibility index (Phi) is 54.4. The average molecular weight is 972 g/mol. The van der Waals surface area contributed by atoms with Crippen molar-refractivity contribution >= 4 is 17.9 Å². The van der Waals surface area contributed by atoms with Gasteiger partial charge in [-0.05, 0) is 83.5 Å². The highest BCUT2D eigenvalue weighted by Crippen LogP contribution is 2.15. The zero-order valence-electron chi connectivity index (χ0n) is 45.5. The van der Waals surface area contributed by atoms with Crippen LogP contribution >= 0.6 is 0 Å². The standard InChI is InChI=1S/C64H106O6/c1-4-7-10-13-16-18-20-22-24-26-27-28-29-30-31-32-33-34-35-36-37-39-40-42-44-46-48-51-54-57-63(66)69-60-61(59-68-62(65)56-53-50-15-12-9-6-3)70-64(67)58-55-52-49-47-45-43-41-38-25-23-21-19-17-14-11-8-5-2/h7,10,16,18,22,24,27-28,30-31,33-34,36-37,40,42,46,48,61H,4-6,8-9,11-15,17,19-21,23,25-26,29,32,35,38-39,41,43-45,47,49-60H2,1-3H3/b10-7-,18-16-,24-22-,28-27-,31-30-,34-33-,37-36-,42-40-,48-46-. The van der Waals surface area contributed by atoms with E-state index in [4.69, 9.17) is 14.2 Å². The first-order valence-electron chi connectivity index (χ1n) is 28.9. The molecule has 1 unspecified atom stereocenters. The van der Waals surface area contributed by atoms with Gasteiger partial charge in [0.1, 0.15) is 13.2 Å². The van der Waals surface area contributed by atoms with E-state index < -0.39 is 6.10 Å². The number of rotatable bonds is 51. The summed E-state index contributed by atoms with van der Waals surface area (Å²) in [6.45, 7) is 6.42. The van der Waals surface area contributed by atoms with E-state index in [0.717, 1.165) is 103 Å². The Hall–Kier alpha value is -3.93. The molecule has 0 aromatic heterocycles. The lowest BCUT2D eigenvalue weighted by molar-refractivity contribution is -0.167. The third kappa shape index (κ3) is 55.0. The van der Waals surface area contributed by atoms with Crippen LogP contribution in [-0.4, -0.2) is 37.2 Å². The molecule has 0 saturated carbocycles. The predicted molar refractivity (Wildman–Crippen MR) is 302 cm³/mol. The van der Waals surface area contributed by atoms with Crippen LogP contribution in [0.15, 0.2) is 109 Å². The summed E-state index contributed by atoms with van der Waals surface area (Å²) in [5.74, 6) is -0.965. The molecule has 70 heavy (non-hydrogen) atoms. The fourth-order valence-corrected chi connectivity index (χ4v) is 7.74. The van der Waals surface area contributed by atoms with Gasteiger partial charge in [-0.2, -0.15) is 0 Å². The Morgan fingerprint density at radius 1 is 0.300 bits per heavy atom. The molecule has 0 N–H and O–H groups in total. The first-order valence-corrected chi connectivity index (χ1v) is 28.9. The summed E-state index contributed by atoms with van der Waals surface area (Å²) in [4.78, 5) is 37.8. The molecule has 0 aliphatic heterocycles. The summed E-state index contributed by atoms with van der Waals surface area (Å²) < 4.78 is 16.7. The highest BCUT2D eigenvalue weighted by Gasteiger charge is 2.19. The average Bonchev–Trinajstić information content (AvgIpc) is 3.36. The van der Waals surface area contributed by atoms with Gasteiger partial charge in [0, 0.05) is 19.3 Å². The van der Waals surface area contributed by atoms with Crippen molar-refractivity contribution in [1.82, 2.24) is 0 Å². The molecular formula is C64H106O6. The quantitative estimate of drug-likeness (QED) is 0.0262. The van der Waals surface area contributed by atoms with Crippen LogP contribution in [0.3, 0.4) is 0 Å². The van der Waals surface area contributed by atoms with E-state index in [-0.39, 0.29) is 37.5 Å². The summed E-state index contributed by atoms with van der Waals surface area (Å²) in [6.07, 6.45) is 78.3. The first kappa shape index (κ1) is 66.1. The van der Waals surface area contributed by atoms with Gasteiger partial charge in [0.25, 0.3) is 0 Å². The van der Waals surface area contributed by atoms with Crippen LogP contribution in [0.25, 0.3) is 0 Å². The number of esters is 3. The second-order valence-corrected chi connectivity index (χ2v) is 18.8. The van der Waals surface area contributed by atoms with Crippen LogP contribution in [0.5, 0.6) is 0 Å². The molecule has 0 heterocycles. The van der Waals surface area contributed by atoms with Crippen molar-refractivity contribution in [3.05, 3.63) is 109 Å². The lowest BCUT2D eigenvalue weighted by Crippen LogP contribution is -2.30. The van der Waals surface area contributed by atoms with E-state index >= 15 is 0 Å². The van der Waals surface area contributed by atoms with Crippen molar-refractivity contribution in [2.45, 2.75) is 264 Å². The second kappa shape index (κ2) is 57.6. The number of hydrogen-bond donors (Lipinski definition) is 0. The maximum absolute atomic E-state index is 12.8. The van der Waals surface area contributed by atoms with Gasteiger partial charge in [-0.3, -0.25) is 14.4 Å². The molecule has 6 heteroatoms. The van der Waals surface area contributed by atoms with Gasteiger partial charge >= 0.3 is 17.9 Å². The lowest BCUT2D eigenvalue weighted by Gasteiger charge is -2.18. The molecule has 0 radical (unpaired) electrons. The molecule has 0 saturated heterocycles. The molecule has 398 valence electrons. The van der Waals surface area contributed by atoms with Gasteiger partial charge in [-0.1, -0.05) is 265 Å². The van der Waals surface area contributed by atoms with Gasteiger partial charge < -0.3 is 14.2 Å². The molecule has 0 spiro atoms. The Labute approximate surface area is 431 Å². The van der Waals surface area contributed by atoms with Gasteiger partial charge in [-0.15, -0.1) is 0 Å². The van der Waals surface area contributed by atoms with E-state index in [2.05, 4.69) is 130 Å². The molecule has 0 aromatic carbocycles. The fourth-order valence-electron chi connectivity index (χ4n) is 7.74. The number of ether oxygens (including phenoxy) is 3. The van der Waals surface area contributed by atoms with Crippen LogP contribution in [-0.2, 0) is 28.6 Å². The van der Waals surface area contributed by atoms with Gasteiger partial charge in [0.15, 0.2) is 6.10 Å². The van der Waals surface area contributed by atoms with E-state index in [1.807, 2.05) is 0 Å². The summed E-state index contributed by atoms with van der Waals surface area (Å²) in [5, 5.41) is 0. The molecule has 0 aromatic rings. The molecule has 0 fully saturated rings. The number of carbonyl (C=O) groups excluding carboxylic acids is 3. The number of unbranched alkanes of at least 4 members (excludes halogenated alkanes) is 22. The Bertz CT molecular complexity index is 1440. The van der Waals surface area contributed by atoms with Crippen molar-refractivity contribution < 1.29 is 28.6 Å². The van der Waals surface area contributed by atoms with Crippen LogP contribution in [0.2, 0.25) is 0 Å². The zero-order chi connectivity index (χ0) is 50.7. The van der Waals surface area contributed by atoms with Gasteiger partial charge in [-0.25, -0.2) is 0 Å². The summed E-state index contributed by atoms with van der Waals surface area (Å²) in [7, 11) is 0. The number of carbonyl (C=O) groups is 3. The lowest BCUT2D eigenvalue weighted by atomic mass is 10.0. The normalized spacial score (nSPS) is 12.9. The van der Waals surface area contributed by atoms with E-state index in [9.17, 15) is 14.4 Å². The van der Waals surface area contributed by atoms with E-state index in [1.165, 1.54) is 109 Å². The van der Waals surface area contributed by atoms with Crippen molar-refractivity contribution in [3.8, 4) is 0 Å². The van der Waals surface area contributed by atoms with Crippen LogP contribution < -0.4 is 0 Å². The first-order chi connectivity index (χ1) is 34.5. The second-order valence-electron chi connectivity index (χ2n) is 18.8. The van der Waals surface area contributed by atoms with Crippen molar-refractivity contribution in [2.75, 3.05) is 13.2 Å². The third-order valence-electron chi connectivity index (χ3n) is 12.0. The summed E-state index contributed by atoms with van der Waals surface area (Å²) in [5.41, 5.74) is 0. The molecule has 1 atom stereocenters. The zero-order valence-corrected chi connectivity index (χ0v) is 45.5. The Morgan fingerprint density at radius 2 is 0.557 bits per heavy atom. The largest absolute Gasteiger partial charge is 0.462 e. The monoisotopic (exact) mass is 971 g/mol. The van der Waals surface area contributed by atoms with E-state index in [1.54, 1.807) is 0 Å². The maximum Gasteiger partial charge on any atom is 0.306 e. The van der Waals surface area contributed by atoms with Gasteiger partial charge in [0.05, 0.1) is 0 Å². The summed E-state index contributed by atoms with van der Waals surface area (Å²) >= 11 is 0. The molecular weight excluding hydrogens is 865 g/mol. The highest BCUT2D eigenvalue weighted by molar-refractivity contribution is 5.71. The fraction of sp³-hybridized carbons (Fsp3) is 0.672. The van der Waals surface area contributed by atoms with Crippen LogP contribution in [0.4, 0.5) is 0 Å². The minimum atomic E-state index is -0.797. The minimum absolute atomic E-state index is 0.0950. The molecule has 0 bridgehead atoms. The Morgan fingerprint density at radius 3 is 0.871 bits per heavy atom. The molecule has 0 aliphatic carbocycles. The third-order valence-corrected chi connectivity index (χ3v) is 12.0. The highest BCUT2D eigenvalue weighted by atomic mass is 16.6. The topological polar surface area (TPSA) is 78.9 Å². The predicted octanol–water partition coefficient (Wildman–Crippen LogP) is 19.5. The SMILES string of the molecule is CC/C=C\C/C=C\C/C=C\C/C=C\C/C=C\C/C=C\C/C=C\C/C=C\C/C=C\CCCC(=O)OCC(COC(=O)CCCCCCCC)OC(=O)CCCCCCCCCCCCCCCCCCC. The summed E-state index contributed by atoms with van der Waals surface area (Å²) in [6, 6.07) is 0.